The highest BCUT2D eigenvalue weighted by Gasteiger charge is 2.15. The molecule has 2 aromatic heterocycles. The van der Waals surface area contributed by atoms with Gasteiger partial charge in [0.15, 0.2) is 0 Å². The van der Waals surface area contributed by atoms with E-state index in [1.54, 1.807) is 6.07 Å². The first-order valence-electron chi connectivity index (χ1n) is 8.15. The monoisotopic (exact) mass is 336 g/mol. The van der Waals surface area contributed by atoms with Gasteiger partial charge in [-0.3, -0.25) is 4.79 Å². The van der Waals surface area contributed by atoms with Gasteiger partial charge in [-0.1, -0.05) is 18.2 Å². The van der Waals surface area contributed by atoms with Crippen LogP contribution in [0.5, 0.6) is 0 Å². The molecule has 0 unspecified atom stereocenters. The van der Waals surface area contributed by atoms with Crippen molar-refractivity contribution in [3.63, 3.8) is 0 Å². The Morgan fingerprint density at radius 3 is 2.88 bits per heavy atom. The second kappa shape index (κ2) is 6.14. The standard InChI is InChI=1S/C19H17FN4O/c20-12-6-7-15-16(10-12)23-19(25)18(22-15)14-11-24(9-3-8-21)17-5-2-1-4-13(14)17/h1-2,4-7,10-11H,3,8-9,21H2,(H,23,25). The van der Waals surface area contributed by atoms with Gasteiger partial charge in [0.05, 0.1) is 11.0 Å². The summed E-state index contributed by atoms with van der Waals surface area (Å²) < 4.78 is 15.4. The van der Waals surface area contributed by atoms with E-state index in [0.717, 1.165) is 29.4 Å². The molecule has 126 valence electrons. The van der Waals surface area contributed by atoms with Gasteiger partial charge in [-0.25, -0.2) is 9.37 Å². The fourth-order valence-corrected chi connectivity index (χ4v) is 3.12. The lowest BCUT2D eigenvalue weighted by Gasteiger charge is -2.02. The number of benzene rings is 2. The van der Waals surface area contributed by atoms with Gasteiger partial charge in [-0.15, -0.1) is 0 Å². The number of H-pyrrole nitrogens is 1. The van der Waals surface area contributed by atoms with E-state index in [4.69, 9.17) is 5.73 Å². The summed E-state index contributed by atoms with van der Waals surface area (Å²) in [5, 5.41) is 0.957. The van der Waals surface area contributed by atoms with Crippen LogP contribution in [-0.2, 0) is 6.54 Å². The summed E-state index contributed by atoms with van der Waals surface area (Å²) in [6.07, 6.45) is 2.78. The minimum absolute atomic E-state index is 0.333. The van der Waals surface area contributed by atoms with Gasteiger partial charge >= 0.3 is 0 Å². The van der Waals surface area contributed by atoms with Crippen LogP contribution >= 0.6 is 0 Å². The van der Waals surface area contributed by atoms with Crippen LogP contribution < -0.4 is 11.3 Å². The van der Waals surface area contributed by atoms with Crippen molar-refractivity contribution in [2.45, 2.75) is 13.0 Å². The average Bonchev–Trinajstić information content (AvgIpc) is 2.98. The summed E-state index contributed by atoms with van der Waals surface area (Å²) >= 11 is 0. The molecule has 0 saturated carbocycles. The fraction of sp³-hybridized carbons (Fsp3) is 0.158. The van der Waals surface area contributed by atoms with Gasteiger partial charge in [0, 0.05) is 29.2 Å². The number of aromatic amines is 1. The van der Waals surface area contributed by atoms with Gasteiger partial charge in [0.2, 0.25) is 0 Å². The predicted molar refractivity (Wildman–Crippen MR) is 96.9 cm³/mol. The van der Waals surface area contributed by atoms with Crippen molar-refractivity contribution in [2.75, 3.05) is 6.54 Å². The third-order valence-electron chi connectivity index (χ3n) is 4.30. The molecule has 0 saturated heterocycles. The van der Waals surface area contributed by atoms with Crippen molar-refractivity contribution in [1.82, 2.24) is 14.5 Å². The molecule has 4 rings (SSSR count). The number of nitrogens with zero attached hydrogens (tertiary/aromatic N) is 2. The first-order chi connectivity index (χ1) is 12.2. The molecule has 3 N–H and O–H groups in total. The van der Waals surface area contributed by atoms with Gasteiger partial charge in [0.25, 0.3) is 5.56 Å². The summed E-state index contributed by atoms with van der Waals surface area (Å²) in [5.41, 5.74) is 8.36. The molecule has 2 heterocycles. The minimum atomic E-state index is -0.406. The molecule has 0 atom stereocenters. The quantitative estimate of drug-likeness (QED) is 0.601. The first kappa shape index (κ1) is 15.5. The summed E-state index contributed by atoms with van der Waals surface area (Å²) in [7, 11) is 0. The van der Waals surface area contributed by atoms with Crippen LogP contribution in [0.2, 0.25) is 0 Å². The van der Waals surface area contributed by atoms with E-state index in [1.165, 1.54) is 12.1 Å². The van der Waals surface area contributed by atoms with Gasteiger partial charge in [-0.05, 0) is 37.2 Å². The highest BCUT2D eigenvalue weighted by atomic mass is 19.1. The van der Waals surface area contributed by atoms with Gasteiger partial charge < -0.3 is 15.3 Å². The highest BCUT2D eigenvalue weighted by molar-refractivity contribution is 5.95. The second-order valence-electron chi connectivity index (χ2n) is 5.97. The summed E-state index contributed by atoms with van der Waals surface area (Å²) in [6.45, 7) is 1.37. The van der Waals surface area contributed by atoms with Crippen LogP contribution in [0, 0.1) is 5.82 Å². The lowest BCUT2D eigenvalue weighted by molar-refractivity contribution is 0.629. The SMILES string of the molecule is NCCCn1cc(-c2nc3ccc(F)cc3[nH]c2=O)c2ccccc21. The van der Waals surface area contributed by atoms with Crippen LogP contribution in [0.1, 0.15) is 6.42 Å². The topological polar surface area (TPSA) is 76.7 Å². The lowest BCUT2D eigenvalue weighted by atomic mass is 10.1. The molecule has 4 aromatic rings. The predicted octanol–water partition coefficient (Wildman–Crippen LogP) is 3.03. The van der Waals surface area contributed by atoms with Gasteiger partial charge in [-0.2, -0.15) is 0 Å². The van der Waals surface area contributed by atoms with E-state index in [9.17, 15) is 9.18 Å². The molecule has 0 aliphatic rings. The highest BCUT2D eigenvalue weighted by Crippen LogP contribution is 2.28. The molecule has 25 heavy (non-hydrogen) atoms. The summed E-state index contributed by atoms with van der Waals surface area (Å²) in [4.78, 5) is 19.8. The number of nitrogens with one attached hydrogen (secondary N) is 1. The molecular formula is C19H17FN4O. The Balaban J connectivity index is 1.95. The number of nitrogens with two attached hydrogens (primary N) is 1. The number of para-hydroxylation sites is 1. The van der Waals surface area contributed by atoms with Crippen molar-refractivity contribution < 1.29 is 4.39 Å². The third-order valence-corrected chi connectivity index (χ3v) is 4.30. The molecular weight excluding hydrogens is 319 g/mol. The van der Waals surface area contributed by atoms with E-state index in [1.807, 2.05) is 30.5 Å². The largest absolute Gasteiger partial charge is 0.347 e. The molecule has 0 aliphatic carbocycles. The van der Waals surface area contributed by atoms with Crippen LogP contribution in [0.3, 0.4) is 0 Å². The molecule has 0 fully saturated rings. The Labute approximate surface area is 142 Å². The van der Waals surface area contributed by atoms with Crippen LogP contribution in [-0.4, -0.2) is 21.1 Å². The zero-order valence-electron chi connectivity index (χ0n) is 13.5. The molecule has 0 amide bonds. The van der Waals surface area contributed by atoms with Crippen molar-refractivity contribution >= 4 is 21.9 Å². The third kappa shape index (κ3) is 2.70. The molecule has 0 aliphatic heterocycles. The van der Waals surface area contributed by atoms with Crippen molar-refractivity contribution in [1.29, 1.82) is 0 Å². The average molecular weight is 336 g/mol. The van der Waals surface area contributed by atoms with E-state index < -0.39 is 5.82 Å². The number of aromatic nitrogens is 3. The maximum absolute atomic E-state index is 13.4. The van der Waals surface area contributed by atoms with E-state index in [-0.39, 0.29) is 5.56 Å². The van der Waals surface area contributed by atoms with Crippen LogP contribution in [0.15, 0.2) is 53.5 Å². The number of rotatable bonds is 4. The van der Waals surface area contributed by atoms with Crippen molar-refractivity contribution in [3.05, 3.63) is 64.8 Å². The Morgan fingerprint density at radius 2 is 2.04 bits per heavy atom. The number of aryl methyl sites for hydroxylation is 1. The van der Waals surface area contributed by atoms with Crippen LogP contribution in [0.4, 0.5) is 4.39 Å². The second-order valence-corrected chi connectivity index (χ2v) is 5.97. The smallest absolute Gasteiger partial charge is 0.275 e. The fourth-order valence-electron chi connectivity index (χ4n) is 3.12. The summed E-state index contributed by atoms with van der Waals surface area (Å²) in [5.74, 6) is -0.406. The number of halogens is 1. The maximum atomic E-state index is 13.4. The first-order valence-corrected chi connectivity index (χ1v) is 8.15. The van der Waals surface area contributed by atoms with Crippen molar-refractivity contribution in [2.24, 2.45) is 5.73 Å². The number of hydrogen-bond donors (Lipinski definition) is 2. The Morgan fingerprint density at radius 1 is 1.20 bits per heavy atom. The molecule has 6 heteroatoms. The molecule has 5 nitrogen and oxygen atoms in total. The Kier molecular flexibility index (Phi) is 3.82. The maximum Gasteiger partial charge on any atom is 0.275 e. The normalized spacial score (nSPS) is 11.4. The zero-order chi connectivity index (χ0) is 17.4. The van der Waals surface area contributed by atoms with E-state index in [0.29, 0.717) is 23.3 Å². The summed E-state index contributed by atoms with van der Waals surface area (Å²) in [6, 6.07) is 12.1. The zero-order valence-corrected chi connectivity index (χ0v) is 13.5. The number of fused-ring (bicyclic) bond motifs is 2. The van der Waals surface area contributed by atoms with Crippen LogP contribution in [0.25, 0.3) is 33.2 Å². The lowest BCUT2D eigenvalue weighted by Crippen LogP contribution is -2.11. The minimum Gasteiger partial charge on any atom is -0.347 e. The molecule has 0 spiro atoms. The molecule has 0 bridgehead atoms. The van der Waals surface area contributed by atoms with Gasteiger partial charge in [0.1, 0.15) is 11.5 Å². The van der Waals surface area contributed by atoms with E-state index in [2.05, 4.69) is 14.5 Å². The number of hydrogen-bond acceptors (Lipinski definition) is 3. The van der Waals surface area contributed by atoms with Crippen molar-refractivity contribution in [3.8, 4) is 11.3 Å². The Bertz CT molecular complexity index is 1130. The Hall–Kier alpha value is -2.99. The molecule has 0 radical (unpaired) electrons. The molecule has 2 aromatic carbocycles. The van der Waals surface area contributed by atoms with E-state index >= 15 is 0 Å².